The number of hydrogen-bond acceptors (Lipinski definition) is 6. The van der Waals surface area contributed by atoms with Gasteiger partial charge in [-0.15, -0.1) is 0 Å². The maximum absolute atomic E-state index is 12.2. The minimum Gasteiger partial charge on any atom is -0.480 e. The van der Waals surface area contributed by atoms with Gasteiger partial charge in [-0.3, -0.25) is 14.5 Å². The number of carboxylic acids is 1. The van der Waals surface area contributed by atoms with Crippen LogP contribution < -0.4 is 11.1 Å². The van der Waals surface area contributed by atoms with Crippen LogP contribution in [0.5, 0.6) is 0 Å². The molecule has 1 aliphatic rings. The van der Waals surface area contributed by atoms with Crippen LogP contribution in [0.4, 0.5) is 4.79 Å². The van der Waals surface area contributed by atoms with E-state index in [1.165, 1.54) is 24.6 Å². The van der Waals surface area contributed by atoms with Crippen molar-refractivity contribution in [1.82, 2.24) is 10.2 Å². The molecule has 0 saturated carbocycles. The van der Waals surface area contributed by atoms with Gasteiger partial charge >= 0.3 is 12.0 Å². The molecule has 0 unspecified atom stereocenters. The molecule has 9 nitrogen and oxygen atoms in total. The van der Waals surface area contributed by atoms with Gasteiger partial charge in [0.05, 0.1) is 18.2 Å². The number of carbonyl (C=O) groups excluding carboxylic acids is 2. The van der Waals surface area contributed by atoms with Crippen LogP contribution in [0.3, 0.4) is 0 Å². The molecule has 2 aromatic rings. The quantitative estimate of drug-likeness (QED) is 0.503. The Morgan fingerprint density at radius 3 is 2.32 bits per heavy atom. The highest BCUT2D eigenvalue weighted by Gasteiger charge is 2.49. The van der Waals surface area contributed by atoms with Crippen LogP contribution in [0.2, 0.25) is 0 Å². The highest BCUT2D eigenvalue weighted by Crippen LogP contribution is 2.28. The lowest BCUT2D eigenvalue weighted by atomic mass is 9.91. The number of rotatable bonds is 6. The second-order valence-corrected chi connectivity index (χ2v) is 7.16. The Morgan fingerprint density at radius 1 is 1.19 bits per heavy atom. The standard InChI is InChI=1S/C13H11N3O4.C9H13NO/c1-13(9-4-2-8(6-14)3-5-9)11(19)16(7-10(17)18)12(20)15-13;10-9(7-11)6-8-4-2-1-3-5-8/h2-5H,7H2,1H3,(H,15,20)(H,17,18);1-5,9,11H,6-7,10H2/t13-;9-/m10/s1. The molecule has 9 heteroatoms. The van der Waals surface area contributed by atoms with Crippen molar-refractivity contribution in [3.8, 4) is 6.07 Å². The minimum absolute atomic E-state index is 0.0505. The lowest BCUT2D eigenvalue weighted by Gasteiger charge is -2.21. The summed E-state index contributed by atoms with van der Waals surface area (Å²) < 4.78 is 0. The molecule has 0 aliphatic carbocycles. The normalized spacial score (nSPS) is 18.5. The summed E-state index contributed by atoms with van der Waals surface area (Å²) in [6, 6.07) is 17.2. The number of nitrogens with zero attached hydrogens (tertiary/aromatic N) is 2. The van der Waals surface area contributed by atoms with Gasteiger partial charge in [-0.1, -0.05) is 42.5 Å². The summed E-state index contributed by atoms with van der Waals surface area (Å²) in [7, 11) is 0. The number of nitrogens with two attached hydrogens (primary N) is 1. The molecule has 162 valence electrons. The number of aliphatic carboxylic acids is 1. The number of hydrogen-bond donors (Lipinski definition) is 4. The van der Waals surface area contributed by atoms with Crippen LogP contribution in [0, 0.1) is 11.3 Å². The Balaban J connectivity index is 0.000000262. The van der Waals surface area contributed by atoms with Crippen LogP contribution >= 0.6 is 0 Å². The van der Waals surface area contributed by atoms with Gasteiger partial charge < -0.3 is 21.3 Å². The molecule has 31 heavy (non-hydrogen) atoms. The zero-order valence-corrected chi connectivity index (χ0v) is 17.0. The topological polar surface area (TPSA) is 157 Å². The molecule has 1 fully saturated rings. The summed E-state index contributed by atoms with van der Waals surface area (Å²) in [5.74, 6) is -1.90. The van der Waals surface area contributed by atoms with E-state index in [4.69, 9.17) is 21.2 Å². The zero-order chi connectivity index (χ0) is 23.0. The van der Waals surface area contributed by atoms with Crippen LogP contribution in [0.25, 0.3) is 0 Å². The van der Waals surface area contributed by atoms with Crippen molar-refractivity contribution in [3.63, 3.8) is 0 Å². The van der Waals surface area contributed by atoms with Crippen molar-refractivity contribution in [3.05, 3.63) is 71.3 Å². The van der Waals surface area contributed by atoms with E-state index in [0.717, 1.165) is 6.42 Å². The molecule has 2 atom stereocenters. The number of urea groups is 1. The third-order valence-corrected chi connectivity index (χ3v) is 4.73. The first-order valence-corrected chi connectivity index (χ1v) is 9.48. The summed E-state index contributed by atoms with van der Waals surface area (Å²) in [5.41, 5.74) is 6.33. The molecule has 0 aromatic heterocycles. The third kappa shape index (κ3) is 5.88. The maximum Gasteiger partial charge on any atom is 0.325 e. The van der Waals surface area contributed by atoms with Crippen molar-refractivity contribution >= 4 is 17.9 Å². The van der Waals surface area contributed by atoms with Gasteiger partial charge in [0, 0.05) is 6.04 Å². The van der Waals surface area contributed by atoms with Crippen LogP contribution in [-0.2, 0) is 21.5 Å². The fourth-order valence-corrected chi connectivity index (χ4v) is 3.03. The van der Waals surface area contributed by atoms with Crippen molar-refractivity contribution < 1.29 is 24.6 Å². The Kier molecular flexibility index (Phi) is 7.85. The van der Waals surface area contributed by atoms with Crippen molar-refractivity contribution in [1.29, 1.82) is 5.26 Å². The van der Waals surface area contributed by atoms with Crippen LogP contribution in [-0.4, -0.2) is 52.2 Å². The van der Waals surface area contributed by atoms with Gasteiger partial charge in [0.2, 0.25) is 0 Å². The van der Waals surface area contributed by atoms with E-state index in [-0.39, 0.29) is 12.6 Å². The van der Waals surface area contributed by atoms with Gasteiger partial charge in [0.25, 0.3) is 5.91 Å². The number of nitrogens with one attached hydrogen (secondary N) is 1. The van der Waals surface area contributed by atoms with E-state index in [1.54, 1.807) is 12.1 Å². The van der Waals surface area contributed by atoms with Gasteiger partial charge in [0.1, 0.15) is 12.1 Å². The molecule has 1 heterocycles. The highest BCUT2D eigenvalue weighted by atomic mass is 16.4. The summed E-state index contributed by atoms with van der Waals surface area (Å²) in [4.78, 5) is 35.3. The summed E-state index contributed by atoms with van der Waals surface area (Å²) in [6.07, 6.45) is 0.747. The Bertz CT molecular complexity index is 972. The fourth-order valence-electron chi connectivity index (χ4n) is 3.03. The van der Waals surface area contributed by atoms with E-state index in [9.17, 15) is 14.4 Å². The fraction of sp³-hybridized carbons (Fsp3) is 0.273. The smallest absolute Gasteiger partial charge is 0.325 e. The predicted octanol–water partition coefficient (Wildman–Crippen LogP) is 0.959. The Labute approximate surface area is 179 Å². The van der Waals surface area contributed by atoms with E-state index in [2.05, 4.69) is 5.32 Å². The molecule has 0 spiro atoms. The van der Waals surface area contributed by atoms with Crippen molar-refractivity contribution in [2.24, 2.45) is 5.73 Å². The number of nitriles is 1. The maximum atomic E-state index is 12.2. The van der Waals surface area contributed by atoms with Crippen LogP contribution in [0.15, 0.2) is 54.6 Å². The van der Waals surface area contributed by atoms with Crippen molar-refractivity contribution in [2.75, 3.05) is 13.2 Å². The first kappa shape index (κ1) is 23.5. The molecule has 1 aliphatic heterocycles. The monoisotopic (exact) mass is 424 g/mol. The number of aliphatic hydroxyl groups excluding tert-OH is 1. The van der Waals surface area contributed by atoms with Gasteiger partial charge in [-0.25, -0.2) is 4.79 Å². The number of imide groups is 1. The van der Waals surface area contributed by atoms with E-state index >= 15 is 0 Å². The molecular weight excluding hydrogens is 400 g/mol. The van der Waals surface area contributed by atoms with Gasteiger partial charge in [0.15, 0.2) is 0 Å². The average Bonchev–Trinajstić information content (AvgIpc) is 2.98. The minimum atomic E-state index is -1.32. The number of aliphatic hydroxyl groups is 1. The molecule has 3 rings (SSSR count). The second kappa shape index (κ2) is 10.3. The second-order valence-electron chi connectivity index (χ2n) is 7.16. The number of amides is 3. The van der Waals surface area contributed by atoms with E-state index in [0.29, 0.717) is 16.0 Å². The molecule has 2 aromatic carbocycles. The Morgan fingerprint density at radius 2 is 1.81 bits per heavy atom. The summed E-state index contributed by atoms with van der Waals surface area (Å²) in [6.45, 7) is 0.863. The number of carboxylic acid groups (broad SMARTS) is 1. The summed E-state index contributed by atoms with van der Waals surface area (Å²) >= 11 is 0. The molecule has 0 radical (unpaired) electrons. The Hall–Kier alpha value is -3.74. The lowest BCUT2D eigenvalue weighted by molar-refractivity contribution is -0.142. The largest absolute Gasteiger partial charge is 0.480 e. The molecule has 1 saturated heterocycles. The van der Waals surface area contributed by atoms with E-state index < -0.39 is 30.0 Å². The number of benzene rings is 2. The predicted molar refractivity (Wildman–Crippen MR) is 112 cm³/mol. The first-order chi connectivity index (χ1) is 14.7. The van der Waals surface area contributed by atoms with E-state index in [1.807, 2.05) is 36.4 Å². The molecule has 3 amide bonds. The SMILES string of the molecule is C[C@]1(c2ccc(C#N)cc2)NC(=O)N(CC(=O)O)C1=O.N[C@H](CO)Cc1ccccc1. The van der Waals surface area contributed by atoms with Gasteiger partial charge in [-0.05, 0) is 36.6 Å². The zero-order valence-electron chi connectivity index (χ0n) is 17.0. The average molecular weight is 424 g/mol. The molecule has 5 N–H and O–H groups in total. The third-order valence-electron chi connectivity index (χ3n) is 4.73. The lowest BCUT2D eigenvalue weighted by Crippen LogP contribution is -2.41. The van der Waals surface area contributed by atoms with Gasteiger partial charge in [-0.2, -0.15) is 5.26 Å². The summed E-state index contributed by atoms with van der Waals surface area (Å²) in [5, 5.41) is 28.6. The first-order valence-electron chi connectivity index (χ1n) is 9.48. The highest BCUT2D eigenvalue weighted by molar-refractivity contribution is 6.08. The number of carbonyl (C=O) groups is 3. The van der Waals surface area contributed by atoms with Crippen LogP contribution in [0.1, 0.15) is 23.6 Å². The van der Waals surface area contributed by atoms with Crippen molar-refractivity contribution in [2.45, 2.75) is 24.9 Å². The molecular formula is C22H24N4O5. The molecule has 0 bridgehead atoms.